The van der Waals surface area contributed by atoms with E-state index < -0.39 is 11.7 Å². The van der Waals surface area contributed by atoms with Crippen LogP contribution in [0.15, 0.2) is 59.7 Å². The average Bonchev–Trinajstić information content (AvgIpc) is 2.87. The van der Waals surface area contributed by atoms with Crippen LogP contribution in [0.25, 0.3) is 0 Å². The Balaban J connectivity index is 1.99. The van der Waals surface area contributed by atoms with Gasteiger partial charge >= 0.3 is 6.09 Å². The molecule has 6 nitrogen and oxygen atoms in total. The lowest BCUT2D eigenvalue weighted by molar-refractivity contribution is -0.130. The number of hydrogen-bond donors (Lipinski definition) is 0. The largest absolute Gasteiger partial charge is 0.497 e. The van der Waals surface area contributed by atoms with Gasteiger partial charge in [0.05, 0.1) is 12.8 Å². The van der Waals surface area contributed by atoms with Crippen LogP contribution >= 0.6 is 0 Å². The van der Waals surface area contributed by atoms with Crippen LogP contribution < -0.4 is 4.74 Å². The summed E-state index contributed by atoms with van der Waals surface area (Å²) in [6, 6.07) is 17.2. The minimum atomic E-state index is -0.762. The number of hydrogen-bond acceptors (Lipinski definition) is 5. The fourth-order valence-electron chi connectivity index (χ4n) is 3.19. The van der Waals surface area contributed by atoms with Crippen LogP contribution in [0.1, 0.15) is 50.7 Å². The summed E-state index contributed by atoms with van der Waals surface area (Å²) in [7, 11) is 1.60. The molecule has 6 heteroatoms. The molecule has 0 aromatic heterocycles. The number of ether oxygens (including phenoxy) is 2. The van der Waals surface area contributed by atoms with Crippen molar-refractivity contribution in [3.8, 4) is 5.75 Å². The molecule has 2 amide bonds. The highest BCUT2D eigenvalue weighted by Gasteiger charge is 2.33. The zero-order valence-corrected chi connectivity index (χ0v) is 17.2. The van der Waals surface area contributed by atoms with Crippen LogP contribution in [0.4, 0.5) is 4.79 Å². The Morgan fingerprint density at radius 1 is 1.03 bits per heavy atom. The molecule has 0 saturated carbocycles. The van der Waals surface area contributed by atoms with E-state index in [9.17, 15) is 9.59 Å². The van der Waals surface area contributed by atoms with Crippen LogP contribution in [-0.2, 0) is 9.53 Å². The summed E-state index contributed by atoms with van der Waals surface area (Å²) in [5.74, 6) is 0.260. The third-order valence-electron chi connectivity index (χ3n) is 4.58. The summed E-state index contributed by atoms with van der Waals surface area (Å²) in [5.41, 5.74) is 1.79. The molecule has 1 aliphatic heterocycles. The van der Waals surface area contributed by atoms with Crippen LogP contribution in [0, 0.1) is 0 Å². The van der Waals surface area contributed by atoms with Gasteiger partial charge in [0.1, 0.15) is 11.4 Å². The van der Waals surface area contributed by atoms with Gasteiger partial charge < -0.3 is 9.47 Å². The molecule has 2 aromatic rings. The first-order valence-electron chi connectivity index (χ1n) is 9.59. The van der Waals surface area contributed by atoms with Gasteiger partial charge in [-0.05, 0) is 68.5 Å². The molecule has 1 aliphatic rings. The van der Waals surface area contributed by atoms with Crippen molar-refractivity contribution >= 4 is 17.7 Å². The summed E-state index contributed by atoms with van der Waals surface area (Å²) in [6.07, 6.45) is -0.0597. The molecule has 1 heterocycles. The maximum atomic E-state index is 12.9. The van der Waals surface area contributed by atoms with E-state index in [2.05, 4.69) is 5.10 Å². The smallest absolute Gasteiger partial charge is 0.438 e. The molecular formula is C23H26N2O4. The number of carbonyl (C=O) groups excluding carboxylic acids is 2. The molecule has 0 radical (unpaired) electrons. The molecule has 152 valence electrons. The Labute approximate surface area is 171 Å². The summed E-state index contributed by atoms with van der Waals surface area (Å²) in [5, 5.41) is 5.30. The van der Waals surface area contributed by atoms with Gasteiger partial charge in [-0.2, -0.15) is 5.10 Å². The van der Waals surface area contributed by atoms with Gasteiger partial charge in [-0.1, -0.05) is 30.3 Å². The number of imide groups is 1. The summed E-state index contributed by atoms with van der Waals surface area (Å²) < 4.78 is 10.6. The van der Waals surface area contributed by atoms with Crippen molar-refractivity contribution in [3.63, 3.8) is 0 Å². The Morgan fingerprint density at radius 2 is 1.69 bits per heavy atom. The maximum Gasteiger partial charge on any atom is 0.438 e. The highest BCUT2D eigenvalue weighted by molar-refractivity contribution is 6.05. The maximum absolute atomic E-state index is 12.9. The quantitative estimate of drug-likeness (QED) is 0.754. The van der Waals surface area contributed by atoms with E-state index in [-0.39, 0.29) is 18.2 Å². The summed E-state index contributed by atoms with van der Waals surface area (Å²) in [4.78, 5) is 25.6. The number of hydrazone groups is 1. The van der Waals surface area contributed by atoms with Gasteiger partial charge in [0.25, 0.3) is 5.91 Å². The van der Waals surface area contributed by atoms with E-state index in [1.165, 1.54) is 0 Å². The molecular weight excluding hydrogens is 368 g/mol. The highest BCUT2D eigenvalue weighted by atomic mass is 16.6. The molecule has 0 aliphatic carbocycles. The Bertz CT molecular complexity index is 899. The molecule has 0 bridgehead atoms. The minimum Gasteiger partial charge on any atom is -0.497 e. The van der Waals surface area contributed by atoms with Crippen molar-refractivity contribution in [2.45, 2.75) is 45.1 Å². The number of rotatable bonds is 3. The molecule has 2 aromatic carbocycles. The fraction of sp³-hybridized carbons (Fsp3) is 0.348. The zero-order valence-electron chi connectivity index (χ0n) is 17.2. The van der Waals surface area contributed by atoms with Gasteiger partial charge in [-0.3, -0.25) is 4.79 Å². The predicted molar refractivity (Wildman–Crippen MR) is 111 cm³/mol. The lowest BCUT2D eigenvalue weighted by atomic mass is 9.89. The van der Waals surface area contributed by atoms with E-state index in [0.717, 1.165) is 21.9 Å². The molecule has 3 rings (SSSR count). The van der Waals surface area contributed by atoms with E-state index in [1.807, 2.05) is 54.6 Å². The Kier molecular flexibility index (Phi) is 6.01. The SMILES string of the molecule is COc1ccc(C2=NN(C(=O)OC(C)(C)C)C(=O)C[C@@H](c3ccccc3)C2)cc1. The van der Waals surface area contributed by atoms with E-state index >= 15 is 0 Å². The third-order valence-corrected chi connectivity index (χ3v) is 4.58. The molecule has 1 atom stereocenters. The first kappa shape index (κ1) is 20.6. The van der Waals surface area contributed by atoms with Crippen LogP contribution in [0.3, 0.4) is 0 Å². The lowest BCUT2D eigenvalue weighted by Crippen LogP contribution is -2.37. The molecule has 0 N–H and O–H groups in total. The van der Waals surface area contributed by atoms with Crippen molar-refractivity contribution in [1.29, 1.82) is 0 Å². The van der Waals surface area contributed by atoms with Gasteiger partial charge in [-0.25, -0.2) is 4.79 Å². The van der Waals surface area contributed by atoms with Crippen molar-refractivity contribution < 1.29 is 19.1 Å². The Hall–Kier alpha value is -3.15. The summed E-state index contributed by atoms with van der Waals surface area (Å²) in [6.45, 7) is 5.27. The number of nitrogens with zero attached hydrogens (tertiary/aromatic N) is 2. The first-order chi connectivity index (χ1) is 13.8. The van der Waals surface area contributed by atoms with Crippen LogP contribution in [0.2, 0.25) is 0 Å². The van der Waals surface area contributed by atoms with Gasteiger partial charge in [0, 0.05) is 6.42 Å². The molecule has 29 heavy (non-hydrogen) atoms. The number of benzene rings is 2. The second-order valence-electron chi connectivity index (χ2n) is 7.98. The van der Waals surface area contributed by atoms with Crippen LogP contribution in [-0.4, -0.2) is 35.4 Å². The highest BCUT2D eigenvalue weighted by Crippen LogP contribution is 2.30. The average molecular weight is 394 g/mol. The number of methoxy groups -OCH3 is 1. The monoisotopic (exact) mass is 394 g/mol. The number of amides is 2. The first-order valence-corrected chi connectivity index (χ1v) is 9.59. The second-order valence-corrected chi connectivity index (χ2v) is 7.98. The third kappa shape index (κ3) is 5.22. The standard InChI is InChI=1S/C23H26N2O4/c1-23(2,3)29-22(27)25-21(26)15-18(16-8-6-5-7-9-16)14-20(24-25)17-10-12-19(28-4)13-11-17/h5-13,18H,14-15H2,1-4H3/t18-/m0/s1. The normalized spacial score (nSPS) is 17.4. The molecule has 0 unspecified atom stereocenters. The minimum absolute atomic E-state index is 0.0861. The fourth-order valence-corrected chi connectivity index (χ4v) is 3.19. The van der Waals surface area contributed by atoms with E-state index in [1.54, 1.807) is 27.9 Å². The predicted octanol–water partition coefficient (Wildman–Crippen LogP) is 4.74. The van der Waals surface area contributed by atoms with Crippen molar-refractivity contribution in [1.82, 2.24) is 5.01 Å². The number of carbonyl (C=O) groups is 2. The van der Waals surface area contributed by atoms with E-state index in [4.69, 9.17) is 9.47 Å². The lowest BCUT2D eigenvalue weighted by Gasteiger charge is -2.23. The van der Waals surface area contributed by atoms with Gasteiger partial charge in [0.15, 0.2) is 0 Å². The molecule has 0 spiro atoms. The van der Waals surface area contributed by atoms with Gasteiger partial charge in [-0.15, -0.1) is 5.01 Å². The topological polar surface area (TPSA) is 68.2 Å². The van der Waals surface area contributed by atoms with Crippen molar-refractivity contribution in [2.75, 3.05) is 7.11 Å². The second kappa shape index (κ2) is 8.47. The van der Waals surface area contributed by atoms with Gasteiger partial charge in [0.2, 0.25) is 0 Å². The Morgan fingerprint density at radius 3 is 2.28 bits per heavy atom. The zero-order chi connectivity index (χ0) is 21.0. The van der Waals surface area contributed by atoms with E-state index in [0.29, 0.717) is 12.1 Å². The summed E-state index contributed by atoms with van der Waals surface area (Å²) >= 11 is 0. The van der Waals surface area contributed by atoms with Crippen molar-refractivity contribution in [2.24, 2.45) is 5.10 Å². The van der Waals surface area contributed by atoms with Crippen LogP contribution in [0.5, 0.6) is 5.75 Å². The van der Waals surface area contributed by atoms with Crippen molar-refractivity contribution in [3.05, 3.63) is 65.7 Å². The molecule has 0 fully saturated rings. The molecule has 0 saturated heterocycles.